The van der Waals surface area contributed by atoms with Gasteiger partial charge in [0.15, 0.2) is 0 Å². The summed E-state index contributed by atoms with van der Waals surface area (Å²) in [4.78, 5) is 7.08. The highest BCUT2D eigenvalue weighted by atomic mass is 79.9. The molecule has 1 aromatic heterocycles. The summed E-state index contributed by atoms with van der Waals surface area (Å²) in [5, 5.41) is 0. The van der Waals surface area contributed by atoms with E-state index in [0.717, 1.165) is 10.3 Å². The maximum absolute atomic E-state index is 4.61. The van der Waals surface area contributed by atoms with Gasteiger partial charge in [0.25, 0.3) is 0 Å². The SMILES string of the molecule is Cc1cnc(N2CCC3(CCCCC3)CC2)c(Br)c1. The Kier molecular flexibility index (Phi) is 3.84. The fourth-order valence-corrected chi connectivity index (χ4v) is 4.47. The van der Waals surface area contributed by atoms with E-state index in [0.29, 0.717) is 5.41 Å². The summed E-state index contributed by atoms with van der Waals surface area (Å²) < 4.78 is 1.15. The molecule has 0 aromatic carbocycles. The van der Waals surface area contributed by atoms with Gasteiger partial charge in [-0.15, -0.1) is 0 Å². The number of hydrogen-bond donors (Lipinski definition) is 0. The second kappa shape index (κ2) is 5.43. The number of nitrogens with zero attached hydrogens (tertiary/aromatic N) is 2. The fraction of sp³-hybridized carbons (Fsp3) is 0.688. The van der Waals surface area contributed by atoms with Crippen molar-refractivity contribution in [3.05, 3.63) is 22.3 Å². The minimum atomic E-state index is 0.673. The Morgan fingerprint density at radius 2 is 1.79 bits per heavy atom. The molecule has 2 heterocycles. The number of piperidine rings is 1. The van der Waals surface area contributed by atoms with Crippen LogP contribution in [-0.4, -0.2) is 18.1 Å². The summed E-state index contributed by atoms with van der Waals surface area (Å²) >= 11 is 3.67. The van der Waals surface area contributed by atoms with E-state index in [1.165, 1.54) is 63.6 Å². The Morgan fingerprint density at radius 1 is 1.11 bits per heavy atom. The van der Waals surface area contributed by atoms with E-state index in [-0.39, 0.29) is 0 Å². The van der Waals surface area contributed by atoms with E-state index in [1.807, 2.05) is 6.20 Å². The van der Waals surface area contributed by atoms with Crippen molar-refractivity contribution >= 4 is 21.7 Å². The van der Waals surface area contributed by atoms with Gasteiger partial charge in [0.05, 0.1) is 4.47 Å². The van der Waals surface area contributed by atoms with Gasteiger partial charge < -0.3 is 4.90 Å². The number of rotatable bonds is 1. The molecule has 1 saturated carbocycles. The molecule has 0 unspecified atom stereocenters. The van der Waals surface area contributed by atoms with Crippen LogP contribution >= 0.6 is 15.9 Å². The number of aryl methyl sites for hydroxylation is 1. The average Bonchev–Trinajstić information content (AvgIpc) is 2.41. The molecule has 0 radical (unpaired) electrons. The lowest BCUT2D eigenvalue weighted by Gasteiger charge is -2.44. The first-order valence-corrected chi connectivity index (χ1v) is 8.35. The van der Waals surface area contributed by atoms with Crippen LogP contribution in [0.15, 0.2) is 16.7 Å². The molecule has 1 aliphatic carbocycles. The minimum absolute atomic E-state index is 0.673. The molecule has 0 bridgehead atoms. The molecule has 2 fully saturated rings. The molecule has 104 valence electrons. The first-order valence-electron chi connectivity index (χ1n) is 7.56. The van der Waals surface area contributed by atoms with Crippen molar-refractivity contribution in [2.75, 3.05) is 18.0 Å². The monoisotopic (exact) mass is 322 g/mol. The van der Waals surface area contributed by atoms with E-state index in [4.69, 9.17) is 0 Å². The molecule has 0 atom stereocenters. The minimum Gasteiger partial charge on any atom is -0.356 e. The maximum Gasteiger partial charge on any atom is 0.142 e. The molecule has 1 aliphatic heterocycles. The first kappa shape index (κ1) is 13.4. The number of anilines is 1. The van der Waals surface area contributed by atoms with E-state index >= 15 is 0 Å². The molecule has 1 aromatic rings. The Hall–Kier alpha value is -0.570. The molecule has 1 spiro atoms. The quantitative estimate of drug-likeness (QED) is 0.744. The lowest BCUT2D eigenvalue weighted by Crippen LogP contribution is -2.41. The predicted octanol–water partition coefficient (Wildman–Crippen LogP) is 4.70. The first-order chi connectivity index (χ1) is 9.19. The van der Waals surface area contributed by atoms with E-state index in [1.54, 1.807) is 0 Å². The lowest BCUT2D eigenvalue weighted by molar-refractivity contribution is 0.144. The molecule has 1 saturated heterocycles. The molecule has 0 amide bonds. The molecule has 0 N–H and O–H groups in total. The zero-order chi connectivity index (χ0) is 13.3. The van der Waals surface area contributed by atoms with Crippen LogP contribution in [0.4, 0.5) is 5.82 Å². The fourth-order valence-electron chi connectivity index (χ4n) is 3.75. The summed E-state index contributed by atoms with van der Waals surface area (Å²) in [6, 6.07) is 2.17. The smallest absolute Gasteiger partial charge is 0.142 e. The summed E-state index contributed by atoms with van der Waals surface area (Å²) in [6.45, 7) is 4.44. The van der Waals surface area contributed by atoms with Gasteiger partial charge >= 0.3 is 0 Å². The molecule has 2 nitrogen and oxygen atoms in total. The average molecular weight is 323 g/mol. The third-order valence-corrected chi connectivity index (χ3v) is 5.58. The number of pyridine rings is 1. The summed E-state index contributed by atoms with van der Waals surface area (Å²) in [6.07, 6.45) is 12.0. The second-order valence-electron chi connectivity index (χ2n) is 6.37. The van der Waals surface area contributed by atoms with Crippen LogP contribution in [0.3, 0.4) is 0 Å². The highest BCUT2D eigenvalue weighted by Gasteiger charge is 2.35. The third-order valence-electron chi connectivity index (χ3n) is 5.00. The van der Waals surface area contributed by atoms with Crippen molar-refractivity contribution in [3.8, 4) is 0 Å². The molecule has 19 heavy (non-hydrogen) atoms. The van der Waals surface area contributed by atoms with Crippen LogP contribution in [0, 0.1) is 12.3 Å². The van der Waals surface area contributed by atoms with Gasteiger partial charge in [0.2, 0.25) is 0 Å². The topological polar surface area (TPSA) is 16.1 Å². The Balaban J connectivity index is 1.69. The zero-order valence-electron chi connectivity index (χ0n) is 11.8. The van der Waals surface area contributed by atoms with E-state index in [2.05, 4.69) is 38.8 Å². The maximum atomic E-state index is 4.61. The van der Waals surface area contributed by atoms with Crippen molar-refractivity contribution in [1.29, 1.82) is 0 Å². The van der Waals surface area contributed by atoms with E-state index < -0.39 is 0 Å². The normalized spacial score (nSPS) is 22.7. The van der Waals surface area contributed by atoms with Crippen LogP contribution < -0.4 is 4.90 Å². The van der Waals surface area contributed by atoms with Crippen LogP contribution in [0.1, 0.15) is 50.5 Å². The van der Waals surface area contributed by atoms with E-state index in [9.17, 15) is 0 Å². The third kappa shape index (κ3) is 2.81. The van der Waals surface area contributed by atoms with Crippen molar-refractivity contribution < 1.29 is 0 Å². The molecule has 3 rings (SSSR count). The van der Waals surface area contributed by atoms with Gasteiger partial charge in [-0.2, -0.15) is 0 Å². The predicted molar refractivity (Wildman–Crippen MR) is 83.6 cm³/mol. The lowest BCUT2D eigenvalue weighted by atomic mass is 9.68. The van der Waals surface area contributed by atoms with Gasteiger partial charge in [-0.25, -0.2) is 4.98 Å². The standard InChI is InChI=1S/C16H23BrN2/c1-13-11-14(17)15(18-12-13)19-9-7-16(8-10-19)5-3-2-4-6-16/h11-12H,2-10H2,1H3. The Morgan fingerprint density at radius 3 is 2.42 bits per heavy atom. The molecular formula is C16H23BrN2. The van der Waals surface area contributed by atoms with Crippen LogP contribution in [0.5, 0.6) is 0 Å². The Bertz CT molecular complexity index is 442. The van der Waals surface area contributed by atoms with Crippen LogP contribution in [0.25, 0.3) is 0 Å². The van der Waals surface area contributed by atoms with Crippen molar-refractivity contribution in [2.45, 2.75) is 51.9 Å². The Labute approximate surface area is 124 Å². The number of aromatic nitrogens is 1. The number of hydrogen-bond acceptors (Lipinski definition) is 2. The largest absolute Gasteiger partial charge is 0.356 e. The summed E-state index contributed by atoms with van der Waals surface area (Å²) in [5.41, 5.74) is 1.89. The highest BCUT2D eigenvalue weighted by Crippen LogP contribution is 2.45. The highest BCUT2D eigenvalue weighted by molar-refractivity contribution is 9.10. The van der Waals surface area contributed by atoms with Gasteiger partial charge in [-0.05, 0) is 65.6 Å². The molecule has 3 heteroatoms. The molecular weight excluding hydrogens is 300 g/mol. The number of halogens is 1. The van der Waals surface area contributed by atoms with Gasteiger partial charge in [-0.1, -0.05) is 19.3 Å². The van der Waals surface area contributed by atoms with Crippen molar-refractivity contribution in [1.82, 2.24) is 4.98 Å². The zero-order valence-corrected chi connectivity index (χ0v) is 13.4. The summed E-state index contributed by atoms with van der Waals surface area (Å²) in [5.74, 6) is 1.14. The van der Waals surface area contributed by atoms with Gasteiger partial charge in [0, 0.05) is 19.3 Å². The summed E-state index contributed by atoms with van der Waals surface area (Å²) in [7, 11) is 0. The van der Waals surface area contributed by atoms with Crippen molar-refractivity contribution in [2.24, 2.45) is 5.41 Å². The molecule has 2 aliphatic rings. The van der Waals surface area contributed by atoms with Crippen LogP contribution in [0.2, 0.25) is 0 Å². The van der Waals surface area contributed by atoms with Gasteiger partial charge in [0.1, 0.15) is 5.82 Å². The van der Waals surface area contributed by atoms with Crippen LogP contribution in [-0.2, 0) is 0 Å². The van der Waals surface area contributed by atoms with Gasteiger partial charge in [-0.3, -0.25) is 0 Å². The van der Waals surface area contributed by atoms with Crippen molar-refractivity contribution in [3.63, 3.8) is 0 Å². The second-order valence-corrected chi connectivity index (χ2v) is 7.22.